The lowest BCUT2D eigenvalue weighted by atomic mass is 9.89. The molecule has 8 nitrogen and oxygen atoms in total. The summed E-state index contributed by atoms with van der Waals surface area (Å²) in [5, 5.41) is 1.51. The molecular formula is C20H27N7OS2. The van der Waals surface area contributed by atoms with Crippen LogP contribution in [-0.4, -0.2) is 24.5 Å². The van der Waals surface area contributed by atoms with Crippen LogP contribution in [0.2, 0.25) is 0 Å². The van der Waals surface area contributed by atoms with Crippen molar-refractivity contribution in [2.75, 3.05) is 11.5 Å². The van der Waals surface area contributed by atoms with E-state index in [2.05, 4.69) is 35.7 Å². The minimum Gasteiger partial charge on any atom is -0.368 e. The first-order valence-corrected chi connectivity index (χ1v) is 12.1. The molecule has 0 saturated heterocycles. The standard InChI is InChI=1S/C20H27N7OS2/c1-10(2)6-7-27-17(28)15-12-5-4-11(3)8-13(12)30-16(15)25-20(27)29-9-14-23-18(21)26-19(22)24-14/h10-11H,4-9H2,1-3H3,(H4,21,22,23,24,26). The Morgan fingerprint density at radius 2 is 1.93 bits per heavy atom. The van der Waals surface area contributed by atoms with Gasteiger partial charge in [0.05, 0.1) is 11.1 Å². The van der Waals surface area contributed by atoms with Gasteiger partial charge in [-0.2, -0.15) is 15.0 Å². The van der Waals surface area contributed by atoms with Crippen molar-refractivity contribution in [2.24, 2.45) is 11.8 Å². The lowest BCUT2D eigenvalue weighted by molar-refractivity contribution is 0.480. The van der Waals surface area contributed by atoms with Gasteiger partial charge in [0.2, 0.25) is 11.9 Å². The Kier molecular flexibility index (Phi) is 5.97. The third-order valence-corrected chi connectivity index (χ3v) is 7.48. The number of aromatic nitrogens is 5. The smallest absolute Gasteiger partial charge is 0.263 e. The zero-order valence-corrected chi connectivity index (χ0v) is 19.1. The van der Waals surface area contributed by atoms with Gasteiger partial charge in [0.1, 0.15) is 10.7 Å². The molecule has 0 saturated carbocycles. The van der Waals surface area contributed by atoms with Crippen molar-refractivity contribution in [3.63, 3.8) is 0 Å². The fraction of sp³-hybridized carbons (Fsp3) is 0.550. The number of thioether (sulfide) groups is 1. The Hall–Kier alpha value is -2.20. The topological polar surface area (TPSA) is 126 Å². The van der Waals surface area contributed by atoms with E-state index in [1.54, 1.807) is 11.3 Å². The predicted octanol–water partition coefficient (Wildman–Crippen LogP) is 3.27. The summed E-state index contributed by atoms with van der Waals surface area (Å²) in [6, 6.07) is 0. The molecule has 10 heteroatoms. The number of hydrogen-bond donors (Lipinski definition) is 2. The molecule has 0 radical (unpaired) electrons. The van der Waals surface area contributed by atoms with E-state index in [0.717, 1.165) is 35.9 Å². The highest BCUT2D eigenvalue weighted by Gasteiger charge is 2.25. The Balaban J connectivity index is 1.74. The predicted molar refractivity (Wildman–Crippen MR) is 123 cm³/mol. The summed E-state index contributed by atoms with van der Waals surface area (Å²) >= 11 is 3.11. The van der Waals surface area contributed by atoms with Crippen LogP contribution in [0, 0.1) is 11.8 Å². The number of anilines is 2. The average Bonchev–Trinajstić information content (AvgIpc) is 3.02. The molecule has 0 amide bonds. The molecule has 3 aromatic rings. The summed E-state index contributed by atoms with van der Waals surface area (Å²) in [4.78, 5) is 32.7. The lowest BCUT2D eigenvalue weighted by Crippen LogP contribution is -2.25. The Morgan fingerprint density at radius 3 is 2.63 bits per heavy atom. The molecule has 160 valence electrons. The molecule has 0 fully saturated rings. The van der Waals surface area contributed by atoms with E-state index in [-0.39, 0.29) is 17.5 Å². The molecule has 0 aliphatic heterocycles. The molecule has 1 atom stereocenters. The first-order valence-electron chi connectivity index (χ1n) is 10.3. The molecule has 4 N–H and O–H groups in total. The summed E-state index contributed by atoms with van der Waals surface area (Å²) in [5.41, 5.74) is 12.7. The number of hydrogen-bond acceptors (Lipinski definition) is 9. The van der Waals surface area contributed by atoms with Crippen LogP contribution in [0.15, 0.2) is 9.95 Å². The summed E-state index contributed by atoms with van der Waals surface area (Å²) in [5.74, 6) is 2.23. The van der Waals surface area contributed by atoms with Crippen LogP contribution in [0.1, 0.15) is 49.9 Å². The monoisotopic (exact) mass is 445 g/mol. The van der Waals surface area contributed by atoms with Gasteiger partial charge in [-0.25, -0.2) is 4.98 Å². The van der Waals surface area contributed by atoms with Crippen molar-refractivity contribution >= 4 is 45.2 Å². The van der Waals surface area contributed by atoms with Crippen molar-refractivity contribution in [1.82, 2.24) is 24.5 Å². The maximum Gasteiger partial charge on any atom is 0.263 e. The Morgan fingerprint density at radius 1 is 1.20 bits per heavy atom. The number of fused-ring (bicyclic) bond motifs is 3. The van der Waals surface area contributed by atoms with Gasteiger partial charge in [-0.3, -0.25) is 9.36 Å². The van der Waals surface area contributed by atoms with Gasteiger partial charge in [0, 0.05) is 11.4 Å². The Labute approximate surface area is 183 Å². The average molecular weight is 446 g/mol. The fourth-order valence-corrected chi connectivity index (χ4v) is 6.05. The van der Waals surface area contributed by atoms with E-state index in [1.165, 1.54) is 22.2 Å². The minimum absolute atomic E-state index is 0.0740. The van der Waals surface area contributed by atoms with E-state index < -0.39 is 0 Å². The first kappa shape index (κ1) is 21.0. The lowest BCUT2D eigenvalue weighted by Gasteiger charge is -2.18. The van der Waals surface area contributed by atoms with Gasteiger partial charge in [0.25, 0.3) is 5.56 Å². The summed E-state index contributed by atoms with van der Waals surface area (Å²) in [6.07, 6.45) is 4.04. The highest BCUT2D eigenvalue weighted by molar-refractivity contribution is 7.98. The second-order valence-electron chi connectivity index (χ2n) is 8.32. The molecule has 30 heavy (non-hydrogen) atoms. The largest absolute Gasteiger partial charge is 0.368 e. The summed E-state index contributed by atoms with van der Waals surface area (Å²) in [6.45, 7) is 7.24. The van der Waals surface area contributed by atoms with E-state index >= 15 is 0 Å². The molecule has 1 aliphatic rings. The van der Waals surface area contributed by atoms with Crippen molar-refractivity contribution in [3.8, 4) is 0 Å². The zero-order valence-electron chi connectivity index (χ0n) is 17.5. The van der Waals surface area contributed by atoms with E-state index in [4.69, 9.17) is 16.5 Å². The van der Waals surface area contributed by atoms with Crippen LogP contribution >= 0.6 is 23.1 Å². The van der Waals surface area contributed by atoms with Gasteiger partial charge in [0.15, 0.2) is 5.16 Å². The van der Waals surface area contributed by atoms with Crippen molar-refractivity contribution < 1.29 is 0 Å². The van der Waals surface area contributed by atoms with E-state index in [0.29, 0.717) is 35.1 Å². The maximum atomic E-state index is 13.5. The molecule has 1 unspecified atom stereocenters. The van der Waals surface area contributed by atoms with Crippen LogP contribution in [0.3, 0.4) is 0 Å². The highest BCUT2D eigenvalue weighted by Crippen LogP contribution is 2.36. The number of thiophene rings is 1. The van der Waals surface area contributed by atoms with Crippen LogP contribution in [-0.2, 0) is 25.1 Å². The van der Waals surface area contributed by atoms with Gasteiger partial charge in [-0.05, 0) is 43.1 Å². The van der Waals surface area contributed by atoms with Gasteiger partial charge in [-0.15, -0.1) is 11.3 Å². The minimum atomic E-state index is 0.0740. The van der Waals surface area contributed by atoms with Crippen LogP contribution in [0.25, 0.3) is 10.2 Å². The van der Waals surface area contributed by atoms with Gasteiger partial charge >= 0.3 is 0 Å². The molecule has 0 aromatic carbocycles. The van der Waals surface area contributed by atoms with Gasteiger partial charge < -0.3 is 11.5 Å². The van der Waals surface area contributed by atoms with Crippen LogP contribution < -0.4 is 17.0 Å². The number of nitrogen functional groups attached to an aromatic ring is 2. The normalized spacial score (nSPS) is 16.3. The number of nitrogens with two attached hydrogens (primary N) is 2. The second kappa shape index (κ2) is 8.50. The van der Waals surface area contributed by atoms with Crippen LogP contribution in [0.4, 0.5) is 11.9 Å². The van der Waals surface area contributed by atoms with E-state index in [1.807, 2.05) is 4.57 Å². The number of aryl methyl sites for hydroxylation is 1. The molecule has 3 aromatic heterocycles. The summed E-state index contributed by atoms with van der Waals surface area (Å²) in [7, 11) is 0. The fourth-order valence-electron chi connectivity index (χ4n) is 3.75. The zero-order chi connectivity index (χ0) is 21.4. The maximum absolute atomic E-state index is 13.5. The summed E-state index contributed by atoms with van der Waals surface area (Å²) < 4.78 is 1.83. The Bertz CT molecular complexity index is 1120. The molecule has 0 bridgehead atoms. The van der Waals surface area contributed by atoms with Crippen molar-refractivity contribution in [3.05, 3.63) is 26.6 Å². The van der Waals surface area contributed by atoms with E-state index in [9.17, 15) is 4.79 Å². The highest BCUT2D eigenvalue weighted by atomic mass is 32.2. The quantitative estimate of drug-likeness (QED) is 0.437. The van der Waals surface area contributed by atoms with Gasteiger partial charge in [-0.1, -0.05) is 32.5 Å². The van der Waals surface area contributed by atoms with Crippen molar-refractivity contribution in [1.29, 1.82) is 0 Å². The van der Waals surface area contributed by atoms with Crippen molar-refractivity contribution in [2.45, 2.75) is 63.9 Å². The second-order valence-corrected chi connectivity index (χ2v) is 10.3. The SMILES string of the molecule is CC(C)CCn1c(SCc2nc(N)nc(N)n2)nc2sc3c(c2c1=O)CCC(C)C3. The molecule has 1 aliphatic carbocycles. The number of nitrogens with zero attached hydrogens (tertiary/aromatic N) is 5. The first-order chi connectivity index (χ1) is 14.3. The molecular weight excluding hydrogens is 418 g/mol. The molecule has 3 heterocycles. The molecule has 0 spiro atoms. The molecule has 4 rings (SSSR count). The third-order valence-electron chi connectivity index (χ3n) is 5.36. The number of rotatable bonds is 6. The third kappa shape index (κ3) is 4.29. The van der Waals surface area contributed by atoms with Crippen LogP contribution in [0.5, 0.6) is 0 Å².